The van der Waals surface area contributed by atoms with Gasteiger partial charge in [-0.1, -0.05) is 20.3 Å². The van der Waals surface area contributed by atoms with E-state index in [0.29, 0.717) is 5.56 Å². The zero-order valence-electron chi connectivity index (χ0n) is 11.1. The highest BCUT2D eigenvalue weighted by Crippen LogP contribution is 2.15. The molecule has 1 amide bonds. The molecule has 0 spiro atoms. The van der Waals surface area contributed by atoms with Gasteiger partial charge < -0.3 is 10.1 Å². The molecule has 98 valence electrons. The molecular weight excluding hydrogens is 232 g/mol. The molecule has 0 saturated heterocycles. The first-order valence-corrected chi connectivity index (χ1v) is 5.80. The summed E-state index contributed by atoms with van der Waals surface area (Å²) < 4.78 is 6.67. The third kappa shape index (κ3) is 3.08. The van der Waals surface area contributed by atoms with Crippen LogP contribution in [-0.2, 0) is 16.6 Å². The van der Waals surface area contributed by atoms with E-state index in [1.165, 1.54) is 11.8 Å². The van der Waals surface area contributed by atoms with Crippen molar-refractivity contribution < 1.29 is 9.53 Å². The first-order valence-electron chi connectivity index (χ1n) is 5.80. The maximum atomic E-state index is 12.0. The fourth-order valence-electron chi connectivity index (χ4n) is 1.66. The second-order valence-corrected chi connectivity index (χ2v) is 4.21. The number of nitrogens with zero attached hydrogens (tertiary/aromatic N) is 3. The summed E-state index contributed by atoms with van der Waals surface area (Å²) in [4.78, 5) is 12.0. The minimum atomic E-state index is -0.538. The Morgan fingerprint density at radius 1 is 1.72 bits per heavy atom. The molecule has 6 nitrogen and oxygen atoms in total. The summed E-state index contributed by atoms with van der Waals surface area (Å²) in [5.41, 5.74) is 0.338. The van der Waals surface area contributed by atoms with Crippen molar-refractivity contribution in [3.8, 4) is 6.07 Å². The highest BCUT2D eigenvalue weighted by atomic mass is 16.5. The summed E-state index contributed by atoms with van der Waals surface area (Å²) in [7, 11) is 3.19. The monoisotopic (exact) mass is 250 g/mol. The standard InChI is InChI=1S/C12H18N4O2/c1-5-8(2)10(18-4)12(17)14-11-9(6-13)7-16(3)15-11/h7-8,10H,5H2,1-4H3,(H,14,15,17). The van der Waals surface area contributed by atoms with Gasteiger partial charge in [0.15, 0.2) is 5.82 Å². The van der Waals surface area contributed by atoms with Crippen molar-refractivity contribution >= 4 is 11.7 Å². The minimum Gasteiger partial charge on any atom is -0.371 e. The fourth-order valence-corrected chi connectivity index (χ4v) is 1.66. The number of hydrogen-bond acceptors (Lipinski definition) is 4. The van der Waals surface area contributed by atoms with Crippen LogP contribution in [0.4, 0.5) is 5.82 Å². The highest BCUT2D eigenvalue weighted by molar-refractivity contribution is 5.94. The molecule has 0 bridgehead atoms. The van der Waals surface area contributed by atoms with Crippen LogP contribution in [0.5, 0.6) is 0 Å². The summed E-state index contributed by atoms with van der Waals surface area (Å²) >= 11 is 0. The lowest BCUT2D eigenvalue weighted by Crippen LogP contribution is -2.35. The summed E-state index contributed by atoms with van der Waals surface area (Å²) in [6, 6.07) is 1.98. The molecule has 18 heavy (non-hydrogen) atoms. The number of nitriles is 1. The van der Waals surface area contributed by atoms with Crippen molar-refractivity contribution in [2.45, 2.75) is 26.4 Å². The number of anilines is 1. The molecule has 0 saturated carbocycles. The Morgan fingerprint density at radius 3 is 2.89 bits per heavy atom. The molecule has 1 N–H and O–H groups in total. The number of rotatable bonds is 5. The lowest BCUT2D eigenvalue weighted by Gasteiger charge is -2.19. The van der Waals surface area contributed by atoms with Crippen LogP contribution >= 0.6 is 0 Å². The van der Waals surface area contributed by atoms with Crippen molar-refractivity contribution in [3.05, 3.63) is 11.8 Å². The molecule has 6 heteroatoms. The van der Waals surface area contributed by atoms with Crippen LogP contribution in [0, 0.1) is 17.2 Å². The van der Waals surface area contributed by atoms with E-state index in [1.807, 2.05) is 19.9 Å². The predicted octanol–water partition coefficient (Wildman–Crippen LogP) is 1.29. The fraction of sp³-hybridized carbons (Fsp3) is 0.583. The van der Waals surface area contributed by atoms with Gasteiger partial charge in [-0.25, -0.2) is 0 Å². The number of ether oxygens (including phenoxy) is 1. The molecule has 1 rings (SSSR count). The number of aromatic nitrogens is 2. The quantitative estimate of drug-likeness (QED) is 0.854. The first-order chi connectivity index (χ1) is 8.53. The summed E-state index contributed by atoms with van der Waals surface area (Å²) in [6.45, 7) is 3.93. The largest absolute Gasteiger partial charge is 0.371 e. The lowest BCUT2D eigenvalue weighted by molar-refractivity contribution is -0.128. The van der Waals surface area contributed by atoms with Crippen molar-refractivity contribution in [1.29, 1.82) is 5.26 Å². The maximum absolute atomic E-state index is 12.0. The predicted molar refractivity (Wildman–Crippen MR) is 66.8 cm³/mol. The van der Waals surface area contributed by atoms with Crippen LogP contribution in [0.25, 0.3) is 0 Å². The molecule has 2 atom stereocenters. The molecule has 1 heterocycles. The minimum absolute atomic E-state index is 0.101. The Morgan fingerprint density at radius 2 is 2.39 bits per heavy atom. The van der Waals surface area contributed by atoms with Crippen molar-refractivity contribution in [2.24, 2.45) is 13.0 Å². The molecular formula is C12H18N4O2. The van der Waals surface area contributed by atoms with E-state index in [4.69, 9.17) is 10.00 Å². The number of carbonyl (C=O) groups is 1. The Labute approximate surface area is 107 Å². The van der Waals surface area contributed by atoms with E-state index in [9.17, 15) is 4.79 Å². The first kappa shape index (κ1) is 14.2. The van der Waals surface area contributed by atoms with Gasteiger partial charge in [-0.2, -0.15) is 10.4 Å². The zero-order chi connectivity index (χ0) is 13.7. The number of aryl methyl sites for hydroxylation is 1. The van der Waals surface area contributed by atoms with Gasteiger partial charge in [-0.05, 0) is 5.92 Å². The molecule has 0 aliphatic carbocycles. The second-order valence-electron chi connectivity index (χ2n) is 4.21. The summed E-state index contributed by atoms with van der Waals surface area (Å²) in [5, 5.41) is 15.6. The van der Waals surface area contributed by atoms with Gasteiger partial charge in [0.1, 0.15) is 17.7 Å². The van der Waals surface area contributed by atoms with Gasteiger partial charge in [0.25, 0.3) is 5.91 Å². The Bertz CT molecular complexity index is 461. The van der Waals surface area contributed by atoms with E-state index in [-0.39, 0.29) is 17.6 Å². The average Bonchev–Trinajstić information content (AvgIpc) is 2.69. The van der Waals surface area contributed by atoms with E-state index in [1.54, 1.807) is 13.2 Å². The van der Waals surface area contributed by atoms with Crippen LogP contribution in [0.15, 0.2) is 6.20 Å². The summed E-state index contributed by atoms with van der Waals surface area (Å²) in [5.74, 6) is 0.0988. The third-order valence-corrected chi connectivity index (χ3v) is 2.86. The van der Waals surface area contributed by atoms with Crippen LogP contribution in [-0.4, -0.2) is 28.9 Å². The number of carbonyl (C=O) groups excluding carboxylic acids is 1. The van der Waals surface area contributed by atoms with Crippen molar-refractivity contribution in [1.82, 2.24) is 9.78 Å². The van der Waals surface area contributed by atoms with Crippen molar-refractivity contribution in [3.63, 3.8) is 0 Å². The zero-order valence-corrected chi connectivity index (χ0v) is 11.1. The van der Waals surface area contributed by atoms with Crippen LogP contribution in [0.2, 0.25) is 0 Å². The maximum Gasteiger partial charge on any atom is 0.254 e. The Hall–Kier alpha value is -1.87. The van der Waals surface area contributed by atoms with E-state index < -0.39 is 6.10 Å². The number of methoxy groups -OCH3 is 1. The Balaban J connectivity index is 2.83. The SMILES string of the molecule is CCC(C)C(OC)C(=O)Nc1nn(C)cc1C#N. The van der Waals surface area contributed by atoms with Gasteiger partial charge in [0.2, 0.25) is 0 Å². The second kappa shape index (κ2) is 6.17. The smallest absolute Gasteiger partial charge is 0.254 e. The Kier molecular flexibility index (Phi) is 4.86. The number of hydrogen-bond donors (Lipinski definition) is 1. The molecule has 1 aromatic heterocycles. The number of nitrogens with one attached hydrogen (secondary N) is 1. The van der Waals surface area contributed by atoms with Gasteiger partial charge >= 0.3 is 0 Å². The van der Waals surface area contributed by atoms with Crippen LogP contribution < -0.4 is 5.32 Å². The number of amides is 1. The normalized spacial score (nSPS) is 13.7. The molecule has 0 aliphatic heterocycles. The molecule has 0 fully saturated rings. The van der Waals surface area contributed by atoms with Gasteiger partial charge in [0.05, 0.1) is 0 Å². The van der Waals surface area contributed by atoms with Gasteiger partial charge in [0, 0.05) is 20.4 Å². The van der Waals surface area contributed by atoms with Crippen LogP contribution in [0.1, 0.15) is 25.8 Å². The highest BCUT2D eigenvalue weighted by Gasteiger charge is 2.25. The molecule has 2 unspecified atom stereocenters. The molecule has 0 aromatic carbocycles. The third-order valence-electron chi connectivity index (χ3n) is 2.86. The van der Waals surface area contributed by atoms with E-state index in [2.05, 4.69) is 10.4 Å². The molecule has 0 radical (unpaired) electrons. The summed E-state index contributed by atoms with van der Waals surface area (Å²) in [6.07, 6.45) is 1.85. The topological polar surface area (TPSA) is 79.9 Å². The van der Waals surface area contributed by atoms with Gasteiger partial charge in [-0.15, -0.1) is 0 Å². The van der Waals surface area contributed by atoms with E-state index >= 15 is 0 Å². The van der Waals surface area contributed by atoms with E-state index in [0.717, 1.165) is 6.42 Å². The lowest BCUT2D eigenvalue weighted by atomic mass is 10.0. The molecule has 0 aliphatic rings. The average molecular weight is 250 g/mol. The van der Waals surface area contributed by atoms with Gasteiger partial charge in [-0.3, -0.25) is 9.48 Å². The van der Waals surface area contributed by atoms with Crippen molar-refractivity contribution in [2.75, 3.05) is 12.4 Å². The van der Waals surface area contributed by atoms with Crippen LogP contribution in [0.3, 0.4) is 0 Å². The molecule has 1 aromatic rings.